The summed E-state index contributed by atoms with van der Waals surface area (Å²) in [6.07, 6.45) is -15.0. The number of halogens is 10. The van der Waals surface area contributed by atoms with Crippen LogP contribution in [0, 0.1) is 5.92 Å². The van der Waals surface area contributed by atoms with Crippen molar-refractivity contribution >= 4 is 28.9 Å². The van der Waals surface area contributed by atoms with Crippen LogP contribution in [0.1, 0.15) is 48.4 Å². The van der Waals surface area contributed by atoms with Gasteiger partial charge in [0.05, 0.1) is 27.6 Å². The first-order valence-electron chi connectivity index (χ1n) is 12.0. The van der Waals surface area contributed by atoms with Gasteiger partial charge in [-0.3, -0.25) is 4.79 Å². The van der Waals surface area contributed by atoms with Crippen molar-refractivity contribution in [1.82, 2.24) is 0 Å². The van der Waals surface area contributed by atoms with E-state index in [1.165, 1.54) is 31.3 Å². The fourth-order valence-electron chi connectivity index (χ4n) is 4.25. The van der Waals surface area contributed by atoms with Gasteiger partial charge in [0, 0.05) is 18.4 Å². The molecule has 0 aliphatic rings. The fraction of sp³-hybridized carbons (Fsp3) is 0.321. The lowest BCUT2D eigenvalue weighted by Crippen LogP contribution is -2.17. The second kappa shape index (κ2) is 11.5. The van der Waals surface area contributed by atoms with Crippen LogP contribution in [0.2, 0.25) is 5.02 Å². The molecule has 3 aromatic rings. The normalized spacial score (nSPS) is 13.4. The largest absolute Gasteiger partial charge is 0.481 e. The van der Waals surface area contributed by atoms with Crippen molar-refractivity contribution in [1.29, 1.82) is 0 Å². The van der Waals surface area contributed by atoms with Crippen molar-refractivity contribution in [3.05, 3.63) is 81.9 Å². The number of carboxylic acid groups (broad SMARTS) is 1. The summed E-state index contributed by atoms with van der Waals surface area (Å²) in [6, 6.07) is 7.77. The number of carbonyl (C=O) groups is 1. The van der Waals surface area contributed by atoms with Gasteiger partial charge in [0.2, 0.25) is 0 Å². The van der Waals surface area contributed by atoms with Gasteiger partial charge in [0.15, 0.2) is 0 Å². The molecular weight excluding hydrogens is 589 g/mol. The third-order valence-electron chi connectivity index (χ3n) is 6.30. The van der Waals surface area contributed by atoms with E-state index < -0.39 is 57.8 Å². The SMILES string of the molecule is CC(C)CC(C(=O)O)c1cc(-c2ccc(Cl)c(C(F)(F)F)c2)cc(N(C)c2cc(C(F)(F)F)cc(C(F)(F)F)c2)c1. The lowest BCUT2D eigenvalue weighted by atomic mass is 9.88. The molecule has 0 aliphatic carbocycles. The fourth-order valence-corrected chi connectivity index (χ4v) is 4.48. The van der Waals surface area contributed by atoms with Gasteiger partial charge >= 0.3 is 24.5 Å². The lowest BCUT2D eigenvalue weighted by molar-refractivity contribution is -0.143. The number of benzene rings is 3. The number of hydrogen-bond donors (Lipinski definition) is 1. The molecule has 0 fully saturated rings. The first-order valence-corrected chi connectivity index (χ1v) is 12.3. The van der Waals surface area contributed by atoms with Crippen LogP contribution in [0.5, 0.6) is 0 Å². The van der Waals surface area contributed by atoms with Crippen LogP contribution < -0.4 is 4.90 Å². The van der Waals surface area contributed by atoms with Gasteiger partial charge in [0.25, 0.3) is 0 Å². The molecule has 1 unspecified atom stereocenters. The van der Waals surface area contributed by atoms with Crippen molar-refractivity contribution < 1.29 is 49.4 Å². The van der Waals surface area contributed by atoms with E-state index in [-0.39, 0.29) is 40.8 Å². The summed E-state index contributed by atoms with van der Waals surface area (Å²) in [5.74, 6) is -2.59. The Balaban J connectivity index is 2.30. The molecule has 0 bridgehead atoms. The Kier molecular flexibility index (Phi) is 8.98. The van der Waals surface area contributed by atoms with Crippen LogP contribution in [0.4, 0.5) is 50.9 Å². The van der Waals surface area contributed by atoms with Gasteiger partial charge < -0.3 is 10.0 Å². The smallest absolute Gasteiger partial charge is 0.417 e. The Morgan fingerprint density at radius 2 is 1.32 bits per heavy atom. The highest BCUT2D eigenvalue weighted by Crippen LogP contribution is 2.42. The summed E-state index contributed by atoms with van der Waals surface area (Å²) in [5.41, 5.74) is -4.81. The first kappa shape index (κ1) is 32.1. The second-order valence-electron chi connectivity index (χ2n) is 9.85. The number of nitrogens with zero attached hydrogens (tertiary/aromatic N) is 1. The summed E-state index contributed by atoms with van der Waals surface area (Å²) in [4.78, 5) is 13.1. The molecule has 0 heterocycles. The summed E-state index contributed by atoms with van der Waals surface area (Å²) in [5, 5.41) is 9.30. The minimum absolute atomic E-state index is 0.0331. The van der Waals surface area contributed by atoms with Gasteiger partial charge in [-0.25, -0.2) is 0 Å². The molecule has 0 aromatic heterocycles. The number of rotatable bonds is 7. The molecule has 3 rings (SSSR count). The second-order valence-corrected chi connectivity index (χ2v) is 10.3. The summed E-state index contributed by atoms with van der Waals surface area (Å²) in [6.45, 7) is 3.48. The maximum absolute atomic E-state index is 13.5. The highest BCUT2D eigenvalue weighted by molar-refractivity contribution is 6.31. The zero-order chi connectivity index (χ0) is 31.1. The number of anilines is 2. The van der Waals surface area contributed by atoms with E-state index in [2.05, 4.69) is 0 Å². The van der Waals surface area contributed by atoms with E-state index in [1.54, 1.807) is 13.8 Å². The van der Waals surface area contributed by atoms with Crippen molar-refractivity contribution in [2.45, 2.75) is 44.7 Å². The Bertz CT molecular complexity index is 1400. The number of aliphatic carboxylic acids is 1. The minimum atomic E-state index is -5.12. The number of carboxylic acids is 1. The van der Waals surface area contributed by atoms with Crippen molar-refractivity contribution in [2.75, 3.05) is 11.9 Å². The average molecular weight is 612 g/mol. The zero-order valence-electron chi connectivity index (χ0n) is 21.6. The predicted octanol–water partition coefficient (Wildman–Crippen LogP) is 10.0. The maximum atomic E-state index is 13.5. The highest BCUT2D eigenvalue weighted by atomic mass is 35.5. The highest BCUT2D eigenvalue weighted by Gasteiger charge is 2.38. The Hall–Kier alpha value is -3.41. The van der Waals surface area contributed by atoms with E-state index in [0.29, 0.717) is 12.1 Å². The zero-order valence-corrected chi connectivity index (χ0v) is 22.4. The van der Waals surface area contributed by atoms with E-state index in [9.17, 15) is 49.4 Å². The van der Waals surface area contributed by atoms with Crippen LogP contribution in [-0.2, 0) is 23.3 Å². The topological polar surface area (TPSA) is 40.5 Å². The van der Waals surface area contributed by atoms with Crippen molar-refractivity contribution in [3.63, 3.8) is 0 Å². The molecule has 3 aromatic carbocycles. The standard InChI is InChI=1S/C28H23ClF9NO2/c1-14(2)6-22(25(40)41)17-7-16(15-4-5-24(29)23(10-15)28(36,37)38)8-20(9-17)39(3)21-12-18(26(30,31)32)11-19(13-21)27(33,34)35/h4-5,7-14,22H,6H2,1-3H3,(H,40,41). The van der Waals surface area contributed by atoms with Crippen molar-refractivity contribution in [2.24, 2.45) is 5.92 Å². The Morgan fingerprint density at radius 1 is 0.780 bits per heavy atom. The molecule has 0 radical (unpaired) electrons. The summed E-state index contributed by atoms with van der Waals surface area (Å²) in [7, 11) is 1.17. The van der Waals surface area contributed by atoms with Crippen LogP contribution in [0.25, 0.3) is 11.1 Å². The Morgan fingerprint density at radius 3 is 1.78 bits per heavy atom. The van der Waals surface area contributed by atoms with E-state index in [0.717, 1.165) is 17.0 Å². The Labute approximate surface area is 234 Å². The van der Waals surface area contributed by atoms with Crippen molar-refractivity contribution in [3.8, 4) is 11.1 Å². The minimum Gasteiger partial charge on any atom is -0.481 e. The van der Waals surface area contributed by atoms with Crippen LogP contribution >= 0.6 is 11.6 Å². The van der Waals surface area contributed by atoms with E-state index in [4.69, 9.17) is 11.6 Å². The number of hydrogen-bond acceptors (Lipinski definition) is 2. The van der Waals surface area contributed by atoms with Gasteiger partial charge in [-0.05, 0) is 71.5 Å². The lowest BCUT2D eigenvalue weighted by Gasteiger charge is -2.25. The molecule has 0 spiro atoms. The van der Waals surface area contributed by atoms with Gasteiger partial charge in [0.1, 0.15) is 0 Å². The molecule has 0 saturated carbocycles. The molecule has 13 heteroatoms. The molecule has 222 valence electrons. The molecule has 41 heavy (non-hydrogen) atoms. The molecule has 1 atom stereocenters. The third kappa shape index (κ3) is 7.66. The quantitative estimate of drug-likeness (QED) is 0.270. The van der Waals surface area contributed by atoms with Crippen LogP contribution in [0.3, 0.4) is 0 Å². The van der Waals surface area contributed by atoms with E-state index in [1.807, 2.05) is 0 Å². The molecular formula is C28H23ClF9NO2. The van der Waals surface area contributed by atoms with Gasteiger partial charge in [-0.1, -0.05) is 37.6 Å². The third-order valence-corrected chi connectivity index (χ3v) is 6.63. The first-order chi connectivity index (χ1) is 18.7. The molecule has 0 amide bonds. The molecule has 3 nitrogen and oxygen atoms in total. The molecule has 0 aliphatic heterocycles. The van der Waals surface area contributed by atoms with E-state index >= 15 is 0 Å². The predicted molar refractivity (Wildman–Crippen MR) is 136 cm³/mol. The maximum Gasteiger partial charge on any atom is 0.417 e. The monoisotopic (exact) mass is 611 g/mol. The van der Waals surface area contributed by atoms with Gasteiger partial charge in [-0.15, -0.1) is 0 Å². The van der Waals surface area contributed by atoms with Gasteiger partial charge in [-0.2, -0.15) is 39.5 Å². The molecule has 0 saturated heterocycles. The van der Waals surface area contributed by atoms with Crippen LogP contribution in [0.15, 0.2) is 54.6 Å². The number of alkyl halides is 9. The summed E-state index contributed by atoms with van der Waals surface area (Å²) >= 11 is 5.72. The molecule has 1 N–H and O–H groups in total. The average Bonchev–Trinajstić information content (AvgIpc) is 2.84. The van der Waals surface area contributed by atoms with Crippen LogP contribution in [-0.4, -0.2) is 18.1 Å². The summed E-state index contributed by atoms with van der Waals surface area (Å²) < 4.78 is 122.